The summed E-state index contributed by atoms with van der Waals surface area (Å²) in [6, 6.07) is 0.780. The molecule has 0 spiro atoms. The monoisotopic (exact) mass is 293 g/mol. The average Bonchev–Trinajstić information content (AvgIpc) is 3.22. The SMILES string of the molecule is O=C(NC(C(=O)O)C1CCCOC1)c1cc(C2CC2)[nH]n1. The fourth-order valence-corrected chi connectivity index (χ4v) is 2.68. The molecule has 2 heterocycles. The number of ether oxygens (including phenoxy) is 1. The van der Waals surface area contributed by atoms with Crippen LogP contribution in [0.3, 0.4) is 0 Å². The van der Waals surface area contributed by atoms with Gasteiger partial charge in [-0.15, -0.1) is 0 Å². The molecule has 2 fully saturated rings. The Morgan fingerprint density at radius 1 is 1.43 bits per heavy atom. The molecule has 1 saturated carbocycles. The van der Waals surface area contributed by atoms with Gasteiger partial charge in [0.15, 0.2) is 0 Å². The van der Waals surface area contributed by atoms with Crippen LogP contribution in [0.5, 0.6) is 0 Å². The summed E-state index contributed by atoms with van der Waals surface area (Å²) in [5, 5.41) is 18.7. The van der Waals surface area contributed by atoms with Gasteiger partial charge >= 0.3 is 5.97 Å². The Bertz CT molecular complexity index is 532. The molecule has 3 N–H and O–H groups in total. The van der Waals surface area contributed by atoms with Crippen LogP contribution in [0.4, 0.5) is 0 Å². The summed E-state index contributed by atoms with van der Waals surface area (Å²) in [4.78, 5) is 23.6. The highest BCUT2D eigenvalue weighted by molar-refractivity contribution is 5.95. The van der Waals surface area contributed by atoms with Crippen molar-refractivity contribution >= 4 is 11.9 Å². The maximum atomic E-state index is 12.2. The van der Waals surface area contributed by atoms with E-state index >= 15 is 0 Å². The van der Waals surface area contributed by atoms with Gasteiger partial charge in [-0.2, -0.15) is 5.10 Å². The first-order valence-electron chi connectivity index (χ1n) is 7.32. The lowest BCUT2D eigenvalue weighted by atomic mass is 9.93. The van der Waals surface area contributed by atoms with Gasteiger partial charge in [0, 0.05) is 24.1 Å². The molecule has 2 aliphatic rings. The number of carboxylic acid groups (broad SMARTS) is 1. The molecule has 1 amide bonds. The number of amides is 1. The molecule has 1 aromatic rings. The largest absolute Gasteiger partial charge is 0.480 e. The number of aliphatic carboxylic acids is 1. The maximum absolute atomic E-state index is 12.2. The Labute approximate surface area is 122 Å². The van der Waals surface area contributed by atoms with Crippen molar-refractivity contribution in [3.63, 3.8) is 0 Å². The zero-order valence-corrected chi connectivity index (χ0v) is 11.7. The third-order valence-electron chi connectivity index (χ3n) is 4.07. The number of rotatable bonds is 5. The first kappa shape index (κ1) is 14.1. The van der Waals surface area contributed by atoms with E-state index in [2.05, 4.69) is 15.5 Å². The van der Waals surface area contributed by atoms with E-state index in [0.29, 0.717) is 19.1 Å². The van der Waals surface area contributed by atoms with E-state index < -0.39 is 17.9 Å². The highest BCUT2D eigenvalue weighted by Gasteiger charge is 2.32. The van der Waals surface area contributed by atoms with E-state index in [1.807, 2.05) is 0 Å². The van der Waals surface area contributed by atoms with E-state index in [1.54, 1.807) is 6.07 Å². The number of nitrogens with one attached hydrogen (secondary N) is 2. The van der Waals surface area contributed by atoms with Gasteiger partial charge in [-0.25, -0.2) is 4.79 Å². The summed E-state index contributed by atoms with van der Waals surface area (Å²) in [6.45, 7) is 1.02. The third-order valence-corrected chi connectivity index (χ3v) is 4.07. The second-order valence-corrected chi connectivity index (χ2v) is 5.75. The van der Waals surface area contributed by atoms with Crippen LogP contribution in [0.1, 0.15) is 47.8 Å². The fourth-order valence-electron chi connectivity index (χ4n) is 2.68. The molecule has 2 unspecified atom stereocenters. The number of hydrogen-bond donors (Lipinski definition) is 3. The summed E-state index contributed by atoms with van der Waals surface area (Å²) in [6.07, 6.45) is 3.78. The van der Waals surface area contributed by atoms with E-state index in [-0.39, 0.29) is 11.6 Å². The molecular formula is C14H19N3O4. The van der Waals surface area contributed by atoms with Crippen LogP contribution in [0.25, 0.3) is 0 Å². The van der Waals surface area contributed by atoms with E-state index in [1.165, 1.54) is 0 Å². The summed E-state index contributed by atoms with van der Waals surface area (Å²) < 4.78 is 5.31. The summed E-state index contributed by atoms with van der Waals surface area (Å²) in [5.74, 6) is -1.20. The second-order valence-electron chi connectivity index (χ2n) is 5.75. The predicted molar refractivity (Wildman–Crippen MR) is 73.0 cm³/mol. The summed E-state index contributed by atoms with van der Waals surface area (Å²) >= 11 is 0. The molecule has 21 heavy (non-hydrogen) atoms. The Morgan fingerprint density at radius 3 is 2.86 bits per heavy atom. The topological polar surface area (TPSA) is 104 Å². The molecule has 1 aromatic heterocycles. The quantitative estimate of drug-likeness (QED) is 0.748. The van der Waals surface area contributed by atoms with Crippen molar-refractivity contribution in [1.82, 2.24) is 15.5 Å². The molecule has 7 nitrogen and oxygen atoms in total. The Balaban J connectivity index is 1.65. The van der Waals surface area contributed by atoms with E-state index in [9.17, 15) is 14.7 Å². The standard InChI is InChI=1S/C14H19N3O4/c18-13(11-6-10(16-17-11)8-3-4-8)15-12(14(19)20)9-2-1-5-21-7-9/h6,8-9,12H,1-5,7H2,(H,15,18)(H,16,17)(H,19,20). The zero-order chi connectivity index (χ0) is 14.8. The van der Waals surface area contributed by atoms with Gasteiger partial charge in [0.1, 0.15) is 11.7 Å². The van der Waals surface area contributed by atoms with E-state index in [4.69, 9.17) is 4.74 Å². The highest BCUT2D eigenvalue weighted by atomic mass is 16.5. The first-order chi connectivity index (χ1) is 10.1. The molecule has 0 bridgehead atoms. The van der Waals surface area contributed by atoms with Gasteiger partial charge in [-0.05, 0) is 31.7 Å². The molecule has 7 heteroatoms. The lowest BCUT2D eigenvalue weighted by molar-refractivity contribution is -0.142. The molecule has 3 rings (SSSR count). The number of carbonyl (C=O) groups excluding carboxylic acids is 1. The van der Waals surface area contributed by atoms with Gasteiger partial charge in [0.2, 0.25) is 0 Å². The molecule has 1 aliphatic carbocycles. The van der Waals surface area contributed by atoms with Crippen molar-refractivity contribution in [2.24, 2.45) is 5.92 Å². The van der Waals surface area contributed by atoms with Gasteiger partial charge in [0.05, 0.1) is 6.61 Å². The normalized spacial score (nSPS) is 23.5. The Kier molecular flexibility index (Phi) is 3.92. The minimum atomic E-state index is -1.03. The number of H-pyrrole nitrogens is 1. The molecule has 0 radical (unpaired) electrons. The average molecular weight is 293 g/mol. The lowest BCUT2D eigenvalue weighted by Crippen LogP contribution is -2.48. The van der Waals surface area contributed by atoms with Crippen molar-refractivity contribution in [3.8, 4) is 0 Å². The number of aromatic amines is 1. The van der Waals surface area contributed by atoms with Crippen molar-refractivity contribution in [1.29, 1.82) is 0 Å². The van der Waals surface area contributed by atoms with Crippen molar-refractivity contribution in [2.45, 2.75) is 37.6 Å². The fraction of sp³-hybridized carbons (Fsp3) is 0.643. The number of hydrogen-bond acceptors (Lipinski definition) is 4. The molecule has 0 aromatic carbocycles. The van der Waals surface area contributed by atoms with Crippen molar-refractivity contribution < 1.29 is 19.4 Å². The molecule has 2 atom stereocenters. The number of carboxylic acids is 1. The highest BCUT2D eigenvalue weighted by Crippen LogP contribution is 2.38. The molecule has 114 valence electrons. The molecule has 1 saturated heterocycles. The van der Waals surface area contributed by atoms with Gasteiger partial charge in [-0.1, -0.05) is 0 Å². The zero-order valence-electron chi connectivity index (χ0n) is 11.7. The van der Waals surface area contributed by atoms with Gasteiger partial charge in [-0.3, -0.25) is 9.89 Å². The minimum Gasteiger partial charge on any atom is -0.480 e. The summed E-state index contributed by atoms with van der Waals surface area (Å²) in [7, 11) is 0. The van der Waals surface area contributed by atoms with Crippen LogP contribution < -0.4 is 5.32 Å². The molecule has 1 aliphatic heterocycles. The van der Waals surface area contributed by atoms with Gasteiger partial charge < -0.3 is 15.2 Å². The van der Waals surface area contributed by atoms with Crippen LogP contribution >= 0.6 is 0 Å². The smallest absolute Gasteiger partial charge is 0.326 e. The Hall–Kier alpha value is -1.89. The van der Waals surface area contributed by atoms with Crippen molar-refractivity contribution in [2.75, 3.05) is 13.2 Å². The third kappa shape index (κ3) is 3.24. The predicted octanol–water partition coefficient (Wildman–Crippen LogP) is 0.897. The number of carbonyl (C=O) groups is 2. The number of aromatic nitrogens is 2. The minimum absolute atomic E-state index is 0.193. The second kappa shape index (κ2) is 5.85. The van der Waals surface area contributed by atoms with Crippen LogP contribution in [0, 0.1) is 5.92 Å². The van der Waals surface area contributed by atoms with Crippen LogP contribution in [0.15, 0.2) is 6.07 Å². The van der Waals surface area contributed by atoms with Crippen LogP contribution in [-0.2, 0) is 9.53 Å². The first-order valence-corrected chi connectivity index (χ1v) is 7.32. The van der Waals surface area contributed by atoms with E-state index in [0.717, 1.165) is 31.4 Å². The summed E-state index contributed by atoms with van der Waals surface area (Å²) in [5.41, 5.74) is 1.20. The van der Waals surface area contributed by atoms with Crippen LogP contribution in [-0.4, -0.2) is 46.4 Å². The van der Waals surface area contributed by atoms with Gasteiger partial charge in [0.25, 0.3) is 5.91 Å². The lowest BCUT2D eigenvalue weighted by Gasteiger charge is -2.27. The maximum Gasteiger partial charge on any atom is 0.326 e. The van der Waals surface area contributed by atoms with Crippen molar-refractivity contribution in [3.05, 3.63) is 17.5 Å². The number of nitrogens with zero attached hydrogens (tertiary/aromatic N) is 1. The molecular weight excluding hydrogens is 274 g/mol. The van der Waals surface area contributed by atoms with Crippen LogP contribution in [0.2, 0.25) is 0 Å². The Morgan fingerprint density at radius 2 is 2.24 bits per heavy atom.